The van der Waals surface area contributed by atoms with Crippen LogP contribution in [-0.4, -0.2) is 16.8 Å². The minimum atomic E-state index is -0.891. The molecule has 168 valence electrons. The van der Waals surface area contributed by atoms with Crippen molar-refractivity contribution in [3.63, 3.8) is 0 Å². The van der Waals surface area contributed by atoms with Crippen LogP contribution in [0.15, 0.2) is 90.5 Å². The highest BCUT2D eigenvalue weighted by atomic mass is 35.5. The molecule has 1 saturated heterocycles. The molecule has 0 bridgehead atoms. The van der Waals surface area contributed by atoms with Crippen LogP contribution in [0.1, 0.15) is 22.7 Å². The standard InChI is InChI=1S/C28H19ClFNO3/c1-16-15-18(9-14-23(16)30)26(32)24-25(22-8-4-6-17-5-2-3-7-21(17)22)31(28(34)27(24)33)20-12-10-19(29)11-13-20/h2-15,25,32H,1H3/b26-24-. The smallest absolute Gasteiger partial charge is 0.300 e. The fourth-order valence-corrected chi connectivity index (χ4v) is 4.56. The van der Waals surface area contributed by atoms with E-state index in [2.05, 4.69) is 0 Å². The van der Waals surface area contributed by atoms with E-state index in [4.69, 9.17) is 11.6 Å². The van der Waals surface area contributed by atoms with Crippen molar-refractivity contribution in [2.45, 2.75) is 13.0 Å². The van der Waals surface area contributed by atoms with E-state index >= 15 is 0 Å². The maximum Gasteiger partial charge on any atom is 0.300 e. The predicted octanol–water partition coefficient (Wildman–Crippen LogP) is 6.57. The second-order valence-corrected chi connectivity index (χ2v) is 8.61. The van der Waals surface area contributed by atoms with Gasteiger partial charge in [0.2, 0.25) is 0 Å². The van der Waals surface area contributed by atoms with Crippen molar-refractivity contribution in [1.82, 2.24) is 0 Å². The molecule has 4 aromatic carbocycles. The third kappa shape index (κ3) is 3.55. The lowest BCUT2D eigenvalue weighted by Gasteiger charge is -2.26. The molecule has 1 amide bonds. The number of aryl methyl sites for hydroxylation is 1. The van der Waals surface area contributed by atoms with Gasteiger partial charge < -0.3 is 5.11 Å². The minimum Gasteiger partial charge on any atom is -0.507 e. The third-order valence-electron chi connectivity index (χ3n) is 6.10. The molecule has 5 rings (SSSR count). The van der Waals surface area contributed by atoms with Gasteiger partial charge in [-0.15, -0.1) is 0 Å². The quantitative estimate of drug-likeness (QED) is 0.209. The van der Waals surface area contributed by atoms with Crippen LogP contribution in [0.25, 0.3) is 16.5 Å². The first-order valence-corrected chi connectivity index (χ1v) is 11.1. The monoisotopic (exact) mass is 471 g/mol. The number of hydrogen-bond acceptors (Lipinski definition) is 3. The summed E-state index contributed by atoms with van der Waals surface area (Å²) >= 11 is 6.05. The Kier molecular flexibility index (Phi) is 5.42. The van der Waals surface area contributed by atoms with Gasteiger partial charge >= 0.3 is 0 Å². The Balaban J connectivity index is 1.80. The normalized spacial score (nSPS) is 17.5. The average Bonchev–Trinajstić information content (AvgIpc) is 3.11. The van der Waals surface area contributed by atoms with Crippen LogP contribution in [0.5, 0.6) is 0 Å². The highest BCUT2D eigenvalue weighted by Crippen LogP contribution is 2.44. The number of amides is 1. The fourth-order valence-electron chi connectivity index (χ4n) is 4.43. The number of fused-ring (bicyclic) bond motifs is 1. The summed E-state index contributed by atoms with van der Waals surface area (Å²) in [6, 6.07) is 23.1. The lowest BCUT2D eigenvalue weighted by atomic mass is 9.91. The SMILES string of the molecule is Cc1cc(/C(O)=C2/C(=O)C(=O)N(c3ccc(Cl)cc3)C2c2cccc3ccccc23)ccc1F. The Bertz CT molecular complexity index is 1490. The Morgan fingerprint density at radius 2 is 1.65 bits per heavy atom. The Hall–Kier alpha value is -3.96. The van der Waals surface area contributed by atoms with Crippen molar-refractivity contribution in [1.29, 1.82) is 0 Å². The van der Waals surface area contributed by atoms with Crippen LogP contribution in [0.4, 0.5) is 10.1 Å². The molecule has 0 radical (unpaired) electrons. The van der Waals surface area contributed by atoms with E-state index in [1.807, 2.05) is 42.5 Å². The molecular weight excluding hydrogens is 453 g/mol. The number of carbonyl (C=O) groups is 2. The molecule has 1 aliphatic rings. The minimum absolute atomic E-state index is 0.0534. The predicted molar refractivity (Wildman–Crippen MR) is 131 cm³/mol. The molecule has 1 unspecified atom stereocenters. The number of ketones is 1. The molecule has 1 N–H and O–H groups in total. The molecule has 34 heavy (non-hydrogen) atoms. The first-order valence-electron chi connectivity index (χ1n) is 10.7. The molecular formula is C28H19ClFNO3. The molecule has 4 aromatic rings. The van der Waals surface area contributed by atoms with Gasteiger partial charge in [0.1, 0.15) is 11.6 Å². The summed E-state index contributed by atoms with van der Waals surface area (Å²) in [6.07, 6.45) is 0. The molecule has 0 aliphatic carbocycles. The maximum absolute atomic E-state index is 13.9. The summed E-state index contributed by atoms with van der Waals surface area (Å²) < 4.78 is 13.9. The number of Topliss-reactive ketones (excluding diaryl/α,β-unsaturated/α-hetero) is 1. The van der Waals surface area contributed by atoms with Gasteiger partial charge in [-0.05, 0) is 71.3 Å². The first-order chi connectivity index (χ1) is 16.4. The summed E-state index contributed by atoms with van der Waals surface area (Å²) in [5, 5.41) is 13.5. The summed E-state index contributed by atoms with van der Waals surface area (Å²) in [5.74, 6) is -2.35. The topological polar surface area (TPSA) is 57.6 Å². The molecule has 1 atom stereocenters. The number of nitrogens with zero attached hydrogens (tertiary/aromatic N) is 1. The van der Waals surface area contributed by atoms with Gasteiger partial charge in [-0.2, -0.15) is 0 Å². The molecule has 1 fully saturated rings. The van der Waals surface area contributed by atoms with Crippen molar-refractivity contribution in [2.75, 3.05) is 4.90 Å². The van der Waals surface area contributed by atoms with Gasteiger partial charge in [0.05, 0.1) is 11.6 Å². The van der Waals surface area contributed by atoms with Crippen LogP contribution in [0, 0.1) is 12.7 Å². The second kappa shape index (κ2) is 8.43. The number of aliphatic hydroxyl groups is 1. The van der Waals surface area contributed by atoms with Crippen LogP contribution in [0.2, 0.25) is 5.02 Å². The van der Waals surface area contributed by atoms with Gasteiger partial charge in [-0.1, -0.05) is 54.1 Å². The van der Waals surface area contributed by atoms with Crippen LogP contribution >= 0.6 is 11.6 Å². The van der Waals surface area contributed by atoms with Crippen LogP contribution < -0.4 is 4.90 Å². The van der Waals surface area contributed by atoms with Gasteiger partial charge in [0.25, 0.3) is 11.7 Å². The first kappa shape index (κ1) is 21.9. The molecule has 0 spiro atoms. The highest BCUT2D eigenvalue weighted by Gasteiger charge is 2.47. The van der Waals surface area contributed by atoms with Crippen LogP contribution in [0.3, 0.4) is 0 Å². The zero-order valence-corrected chi connectivity index (χ0v) is 18.9. The van der Waals surface area contributed by atoms with E-state index in [-0.39, 0.29) is 16.9 Å². The van der Waals surface area contributed by atoms with E-state index in [1.54, 1.807) is 31.2 Å². The number of halogens is 2. The van der Waals surface area contributed by atoms with E-state index in [9.17, 15) is 19.1 Å². The number of rotatable bonds is 3. The molecule has 0 saturated carbocycles. The summed E-state index contributed by atoms with van der Waals surface area (Å²) in [4.78, 5) is 28.0. The van der Waals surface area contributed by atoms with Gasteiger partial charge in [0.15, 0.2) is 0 Å². The maximum atomic E-state index is 13.9. The van der Waals surface area contributed by atoms with Crippen molar-refractivity contribution >= 4 is 45.5 Å². The Morgan fingerprint density at radius 3 is 2.38 bits per heavy atom. The zero-order valence-electron chi connectivity index (χ0n) is 18.1. The molecule has 4 nitrogen and oxygen atoms in total. The number of carbonyl (C=O) groups excluding carboxylic acids is 2. The fraction of sp³-hybridized carbons (Fsp3) is 0.0714. The molecule has 1 heterocycles. The molecule has 6 heteroatoms. The zero-order chi connectivity index (χ0) is 24.0. The van der Waals surface area contributed by atoms with Crippen molar-refractivity contribution < 1.29 is 19.1 Å². The van der Waals surface area contributed by atoms with E-state index in [0.717, 1.165) is 10.8 Å². The Morgan fingerprint density at radius 1 is 0.941 bits per heavy atom. The average molecular weight is 472 g/mol. The summed E-state index contributed by atoms with van der Waals surface area (Å²) in [7, 11) is 0. The molecule has 1 aliphatic heterocycles. The largest absolute Gasteiger partial charge is 0.507 e. The van der Waals surface area contributed by atoms with Gasteiger partial charge in [0, 0.05) is 16.3 Å². The van der Waals surface area contributed by atoms with E-state index in [0.29, 0.717) is 21.8 Å². The van der Waals surface area contributed by atoms with Crippen molar-refractivity contribution in [3.05, 3.63) is 118 Å². The van der Waals surface area contributed by atoms with Gasteiger partial charge in [-0.25, -0.2) is 4.39 Å². The summed E-state index contributed by atoms with van der Waals surface area (Å²) in [6.45, 7) is 1.57. The summed E-state index contributed by atoms with van der Waals surface area (Å²) in [5.41, 5.74) is 1.68. The molecule has 0 aromatic heterocycles. The number of hydrogen-bond donors (Lipinski definition) is 1. The lowest BCUT2D eigenvalue weighted by Crippen LogP contribution is -2.29. The van der Waals surface area contributed by atoms with Crippen molar-refractivity contribution in [2.24, 2.45) is 0 Å². The van der Waals surface area contributed by atoms with E-state index < -0.39 is 23.5 Å². The number of aliphatic hydroxyl groups excluding tert-OH is 1. The highest BCUT2D eigenvalue weighted by molar-refractivity contribution is 6.52. The Labute approximate surface area is 200 Å². The second-order valence-electron chi connectivity index (χ2n) is 8.18. The van der Waals surface area contributed by atoms with Crippen molar-refractivity contribution in [3.8, 4) is 0 Å². The number of anilines is 1. The third-order valence-corrected chi connectivity index (χ3v) is 6.35. The lowest BCUT2D eigenvalue weighted by molar-refractivity contribution is -0.132. The van der Waals surface area contributed by atoms with Crippen LogP contribution in [-0.2, 0) is 9.59 Å². The van der Waals surface area contributed by atoms with E-state index in [1.165, 1.54) is 23.1 Å². The number of benzene rings is 4. The van der Waals surface area contributed by atoms with Gasteiger partial charge in [-0.3, -0.25) is 14.5 Å².